The molecule has 0 spiro atoms. The highest BCUT2D eigenvalue weighted by atomic mass is 32.2. The van der Waals surface area contributed by atoms with Crippen LogP contribution in [-0.2, 0) is 21.2 Å². The summed E-state index contributed by atoms with van der Waals surface area (Å²) in [7, 11) is -3.49. The van der Waals surface area contributed by atoms with E-state index in [2.05, 4.69) is 10.5 Å². The average Bonchev–Trinajstić information content (AvgIpc) is 3.11. The van der Waals surface area contributed by atoms with Crippen molar-refractivity contribution in [3.8, 4) is 0 Å². The molecule has 0 aliphatic rings. The number of aromatic nitrogens is 1. The van der Waals surface area contributed by atoms with Gasteiger partial charge in [0.15, 0.2) is 5.58 Å². The lowest BCUT2D eigenvalue weighted by Crippen LogP contribution is -2.30. The van der Waals surface area contributed by atoms with E-state index < -0.39 is 10.0 Å². The van der Waals surface area contributed by atoms with E-state index in [1.165, 1.54) is 4.31 Å². The highest BCUT2D eigenvalue weighted by Crippen LogP contribution is 2.21. The van der Waals surface area contributed by atoms with Gasteiger partial charge in [0.25, 0.3) is 0 Å². The zero-order valence-electron chi connectivity index (χ0n) is 16.8. The van der Waals surface area contributed by atoms with E-state index in [9.17, 15) is 13.2 Å². The van der Waals surface area contributed by atoms with Crippen LogP contribution in [0, 0.1) is 0 Å². The molecule has 0 saturated heterocycles. The van der Waals surface area contributed by atoms with Crippen LogP contribution in [0.5, 0.6) is 0 Å². The Hall–Kier alpha value is -2.71. The fourth-order valence-electron chi connectivity index (χ4n) is 3.23. The second-order valence-corrected chi connectivity index (χ2v) is 8.69. The van der Waals surface area contributed by atoms with E-state index in [1.807, 2.05) is 39.0 Å². The number of fused-ring (bicyclic) bond motifs is 1. The monoisotopic (exact) mass is 415 g/mol. The molecule has 29 heavy (non-hydrogen) atoms. The maximum absolute atomic E-state index is 12.6. The Morgan fingerprint density at radius 2 is 1.76 bits per heavy atom. The molecule has 1 atom stereocenters. The van der Waals surface area contributed by atoms with Crippen molar-refractivity contribution >= 4 is 26.9 Å². The van der Waals surface area contributed by atoms with Crippen LogP contribution in [-0.4, -0.2) is 36.9 Å². The Labute approximate surface area is 170 Å². The SMILES string of the molecule is CCN(CC)S(=O)(=O)c1ccc(C(C)NC(=O)Cc2noc3ccccc23)cc1. The summed E-state index contributed by atoms with van der Waals surface area (Å²) in [5.41, 5.74) is 2.06. The third-order valence-electron chi connectivity index (χ3n) is 4.88. The third-order valence-corrected chi connectivity index (χ3v) is 6.95. The first kappa shape index (κ1) is 21.0. The van der Waals surface area contributed by atoms with E-state index in [-0.39, 0.29) is 23.3 Å². The second-order valence-electron chi connectivity index (χ2n) is 6.75. The lowest BCUT2D eigenvalue weighted by atomic mass is 10.1. The number of nitrogens with zero attached hydrogens (tertiary/aromatic N) is 2. The van der Waals surface area contributed by atoms with E-state index in [4.69, 9.17) is 4.52 Å². The summed E-state index contributed by atoms with van der Waals surface area (Å²) in [6.45, 7) is 6.32. The van der Waals surface area contributed by atoms with Gasteiger partial charge in [-0.15, -0.1) is 0 Å². The number of amides is 1. The van der Waals surface area contributed by atoms with Gasteiger partial charge >= 0.3 is 0 Å². The van der Waals surface area contributed by atoms with Crippen molar-refractivity contribution in [2.45, 2.75) is 38.1 Å². The highest BCUT2D eigenvalue weighted by Gasteiger charge is 2.22. The molecular formula is C21H25N3O4S. The van der Waals surface area contributed by atoms with Crippen molar-refractivity contribution in [2.75, 3.05) is 13.1 Å². The van der Waals surface area contributed by atoms with Gasteiger partial charge in [-0.05, 0) is 36.8 Å². The van der Waals surface area contributed by atoms with E-state index in [0.717, 1.165) is 10.9 Å². The number of para-hydroxylation sites is 1. The minimum Gasteiger partial charge on any atom is -0.356 e. The molecule has 1 amide bonds. The quantitative estimate of drug-likeness (QED) is 0.609. The Bertz CT molecular complexity index is 1090. The lowest BCUT2D eigenvalue weighted by Gasteiger charge is -2.19. The first-order valence-corrected chi connectivity index (χ1v) is 11.0. The van der Waals surface area contributed by atoms with Gasteiger partial charge in [0, 0.05) is 18.5 Å². The fraction of sp³-hybridized carbons (Fsp3) is 0.333. The van der Waals surface area contributed by atoms with Gasteiger partial charge in [0.2, 0.25) is 15.9 Å². The van der Waals surface area contributed by atoms with Gasteiger partial charge in [-0.1, -0.05) is 43.3 Å². The van der Waals surface area contributed by atoms with Crippen molar-refractivity contribution in [1.82, 2.24) is 14.8 Å². The molecule has 1 unspecified atom stereocenters. The Balaban J connectivity index is 1.67. The topological polar surface area (TPSA) is 92.5 Å². The molecule has 3 rings (SSSR count). The molecule has 0 saturated carbocycles. The molecular weight excluding hydrogens is 390 g/mol. The van der Waals surface area contributed by atoms with Crippen LogP contribution < -0.4 is 5.32 Å². The minimum atomic E-state index is -3.49. The van der Waals surface area contributed by atoms with Crippen molar-refractivity contribution in [3.63, 3.8) is 0 Å². The highest BCUT2D eigenvalue weighted by molar-refractivity contribution is 7.89. The molecule has 0 bridgehead atoms. The summed E-state index contributed by atoms with van der Waals surface area (Å²) in [6, 6.07) is 13.7. The number of nitrogens with one attached hydrogen (secondary N) is 1. The third kappa shape index (κ3) is 4.49. The van der Waals surface area contributed by atoms with Crippen LogP contribution in [0.25, 0.3) is 11.0 Å². The van der Waals surface area contributed by atoms with Crippen molar-refractivity contribution < 1.29 is 17.7 Å². The number of hydrogen-bond donors (Lipinski definition) is 1. The predicted molar refractivity (Wildman–Crippen MR) is 111 cm³/mol. The predicted octanol–water partition coefficient (Wildman–Crippen LogP) is 3.28. The smallest absolute Gasteiger partial charge is 0.243 e. The van der Waals surface area contributed by atoms with Gasteiger partial charge in [-0.3, -0.25) is 4.79 Å². The molecule has 7 nitrogen and oxygen atoms in total. The summed E-state index contributed by atoms with van der Waals surface area (Å²) in [6.07, 6.45) is 0.107. The summed E-state index contributed by atoms with van der Waals surface area (Å²) < 4.78 is 31.8. The summed E-state index contributed by atoms with van der Waals surface area (Å²) >= 11 is 0. The minimum absolute atomic E-state index is 0.107. The normalized spacial score (nSPS) is 13.0. The lowest BCUT2D eigenvalue weighted by molar-refractivity contribution is -0.121. The van der Waals surface area contributed by atoms with Crippen molar-refractivity contribution in [1.29, 1.82) is 0 Å². The summed E-state index contributed by atoms with van der Waals surface area (Å²) in [4.78, 5) is 12.7. The second kappa shape index (κ2) is 8.75. The number of benzene rings is 2. The number of sulfonamides is 1. The molecule has 0 fully saturated rings. The van der Waals surface area contributed by atoms with Gasteiger partial charge < -0.3 is 9.84 Å². The van der Waals surface area contributed by atoms with Crippen LogP contribution in [0.1, 0.15) is 38.1 Å². The molecule has 0 aliphatic carbocycles. The molecule has 1 heterocycles. The molecule has 1 aromatic heterocycles. The first-order valence-electron chi connectivity index (χ1n) is 9.59. The number of hydrogen-bond acceptors (Lipinski definition) is 5. The first-order chi connectivity index (χ1) is 13.9. The molecule has 3 aromatic rings. The fourth-order valence-corrected chi connectivity index (χ4v) is 4.69. The zero-order chi connectivity index (χ0) is 21.0. The van der Waals surface area contributed by atoms with Crippen LogP contribution in [0.3, 0.4) is 0 Å². The van der Waals surface area contributed by atoms with Gasteiger partial charge in [0.1, 0.15) is 5.69 Å². The maximum atomic E-state index is 12.6. The molecule has 2 aromatic carbocycles. The molecule has 0 radical (unpaired) electrons. The van der Waals surface area contributed by atoms with E-state index >= 15 is 0 Å². The van der Waals surface area contributed by atoms with Crippen molar-refractivity contribution in [3.05, 3.63) is 59.8 Å². The number of rotatable bonds is 8. The van der Waals surface area contributed by atoms with Gasteiger partial charge in [0.05, 0.1) is 17.4 Å². The molecule has 154 valence electrons. The van der Waals surface area contributed by atoms with Crippen LogP contribution in [0.4, 0.5) is 0 Å². The molecule has 1 N–H and O–H groups in total. The van der Waals surface area contributed by atoms with E-state index in [0.29, 0.717) is 24.4 Å². The van der Waals surface area contributed by atoms with Gasteiger partial charge in [-0.25, -0.2) is 8.42 Å². The zero-order valence-corrected chi connectivity index (χ0v) is 17.6. The van der Waals surface area contributed by atoms with Crippen molar-refractivity contribution in [2.24, 2.45) is 0 Å². The number of carbonyl (C=O) groups is 1. The maximum Gasteiger partial charge on any atom is 0.243 e. The van der Waals surface area contributed by atoms with Crippen LogP contribution in [0.15, 0.2) is 57.9 Å². The van der Waals surface area contributed by atoms with Crippen LogP contribution >= 0.6 is 0 Å². The summed E-state index contributed by atoms with van der Waals surface area (Å²) in [5, 5.41) is 7.72. The standard InChI is InChI=1S/C21H25N3O4S/c1-4-24(5-2)29(26,27)17-12-10-16(11-13-17)15(3)22-21(25)14-19-18-8-6-7-9-20(18)28-23-19/h6-13,15H,4-5,14H2,1-3H3,(H,22,25). The Morgan fingerprint density at radius 1 is 1.10 bits per heavy atom. The van der Waals surface area contributed by atoms with E-state index in [1.54, 1.807) is 30.3 Å². The van der Waals surface area contributed by atoms with Crippen LogP contribution in [0.2, 0.25) is 0 Å². The molecule has 8 heteroatoms. The number of carbonyl (C=O) groups excluding carboxylic acids is 1. The molecule has 0 aliphatic heterocycles. The summed E-state index contributed by atoms with van der Waals surface area (Å²) in [5.74, 6) is -0.184. The average molecular weight is 416 g/mol. The largest absolute Gasteiger partial charge is 0.356 e. The Kier molecular flexibility index (Phi) is 6.34. The van der Waals surface area contributed by atoms with Gasteiger partial charge in [-0.2, -0.15) is 4.31 Å². The Morgan fingerprint density at radius 3 is 2.41 bits per heavy atom.